The molecule has 2 heterocycles. The van der Waals surface area contributed by atoms with Crippen LogP contribution >= 0.6 is 31.9 Å². The number of halogens is 2. The smallest absolute Gasteiger partial charge is 0.248 e. The average Bonchev–Trinajstić information content (AvgIpc) is 3.13. The van der Waals surface area contributed by atoms with E-state index in [2.05, 4.69) is 47.4 Å². The molecule has 3 aromatic rings. The Morgan fingerprint density at radius 1 is 1.28 bits per heavy atom. The lowest BCUT2D eigenvalue weighted by atomic mass is 10.2. The van der Waals surface area contributed by atoms with E-state index in [0.717, 1.165) is 25.9 Å². The summed E-state index contributed by atoms with van der Waals surface area (Å²) in [6, 6.07) is 7.34. The third-order valence-corrected chi connectivity index (χ3v) is 5.06. The van der Waals surface area contributed by atoms with Crippen molar-refractivity contribution in [1.82, 2.24) is 19.6 Å². The minimum Gasteiger partial charge on any atom is -0.324 e. The molecule has 0 radical (unpaired) electrons. The summed E-state index contributed by atoms with van der Waals surface area (Å²) in [7, 11) is 0. The number of amides is 1. The predicted octanol–water partition coefficient (Wildman–Crippen LogP) is 4.16. The van der Waals surface area contributed by atoms with Crippen molar-refractivity contribution >= 4 is 43.5 Å². The minimum atomic E-state index is -0.406. The highest BCUT2D eigenvalue weighted by Gasteiger charge is 2.18. The van der Waals surface area contributed by atoms with Crippen LogP contribution in [0.15, 0.2) is 51.8 Å². The van der Waals surface area contributed by atoms with E-state index in [9.17, 15) is 4.79 Å². The number of hydrogen-bond acceptors (Lipinski definition) is 3. The number of carbonyl (C=O) groups is 1. The number of nitrogens with one attached hydrogen (secondary N) is 1. The zero-order chi connectivity index (χ0) is 18.0. The van der Waals surface area contributed by atoms with Gasteiger partial charge in [-0.05, 0) is 63.4 Å². The summed E-state index contributed by atoms with van der Waals surface area (Å²) in [5, 5.41) is 11.4. The van der Waals surface area contributed by atoms with Crippen molar-refractivity contribution in [2.45, 2.75) is 26.4 Å². The summed E-state index contributed by atoms with van der Waals surface area (Å²) in [6.07, 6.45) is 5.35. The quantitative estimate of drug-likeness (QED) is 0.613. The first-order chi connectivity index (χ1) is 11.9. The lowest BCUT2D eigenvalue weighted by Crippen LogP contribution is -2.25. The molecule has 1 unspecified atom stereocenters. The van der Waals surface area contributed by atoms with Crippen LogP contribution in [0.1, 0.15) is 24.2 Å². The van der Waals surface area contributed by atoms with Crippen molar-refractivity contribution in [2.75, 3.05) is 5.32 Å². The van der Waals surface area contributed by atoms with Crippen molar-refractivity contribution in [3.05, 3.63) is 63.1 Å². The van der Waals surface area contributed by atoms with Gasteiger partial charge in [0.05, 0.1) is 33.6 Å². The van der Waals surface area contributed by atoms with Crippen molar-refractivity contribution < 1.29 is 4.79 Å². The molecule has 0 aliphatic carbocycles. The summed E-state index contributed by atoms with van der Waals surface area (Å²) >= 11 is 6.80. The van der Waals surface area contributed by atoms with Crippen LogP contribution < -0.4 is 5.32 Å². The molecule has 2 aromatic heterocycles. The van der Waals surface area contributed by atoms with Crippen molar-refractivity contribution in [1.29, 1.82) is 0 Å². The number of carbonyl (C=O) groups excluding carboxylic acids is 1. The van der Waals surface area contributed by atoms with Crippen molar-refractivity contribution in [3.8, 4) is 0 Å². The van der Waals surface area contributed by atoms with Gasteiger partial charge in [0.25, 0.3) is 0 Å². The Labute approximate surface area is 162 Å². The summed E-state index contributed by atoms with van der Waals surface area (Å²) in [6.45, 7) is 4.38. The van der Waals surface area contributed by atoms with Gasteiger partial charge >= 0.3 is 0 Å². The maximum absolute atomic E-state index is 12.5. The number of rotatable bonds is 5. The van der Waals surface area contributed by atoms with E-state index in [1.54, 1.807) is 17.1 Å². The molecule has 0 bridgehead atoms. The van der Waals surface area contributed by atoms with Crippen LogP contribution in [0, 0.1) is 6.92 Å². The molecule has 0 saturated heterocycles. The molecule has 0 aliphatic rings. The molecule has 0 aliphatic heterocycles. The van der Waals surface area contributed by atoms with E-state index in [1.807, 2.05) is 49.0 Å². The number of hydrogen-bond donors (Lipinski definition) is 1. The van der Waals surface area contributed by atoms with E-state index in [4.69, 9.17) is 0 Å². The van der Waals surface area contributed by atoms with Gasteiger partial charge in [-0.2, -0.15) is 10.2 Å². The van der Waals surface area contributed by atoms with Crippen LogP contribution in [0.2, 0.25) is 0 Å². The van der Waals surface area contributed by atoms with Gasteiger partial charge in [-0.25, -0.2) is 0 Å². The molecule has 130 valence electrons. The fourth-order valence-corrected chi connectivity index (χ4v) is 3.11. The largest absolute Gasteiger partial charge is 0.324 e. The lowest BCUT2D eigenvalue weighted by Gasteiger charge is -2.15. The zero-order valence-corrected chi connectivity index (χ0v) is 17.0. The summed E-state index contributed by atoms with van der Waals surface area (Å²) in [5.74, 6) is -0.113. The van der Waals surface area contributed by atoms with E-state index < -0.39 is 6.04 Å². The Kier molecular flexibility index (Phi) is 5.39. The molecule has 3 rings (SSSR count). The molecule has 0 spiro atoms. The van der Waals surface area contributed by atoms with E-state index in [-0.39, 0.29) is 5.91 Å². The van der Waals surface area contributed by atoms with Gasteiger partial charge in [-0.1, -0.05) is 12.1 Å². The molecule has 6 nitrogen and oxygen atoms in total. The zero-order valence-electron chi connectivity index (χ0n) is 13.8. The standard InChI is InChI=1S/C17H17Br2N5O/c1-11-16(19)8-21-24(11)12(2)17(25)22-15-5-3-4-13(6-15)9-23-10-14(18)7-20-23/h3-8,10,12H,9H2,1-2H3,(H,22,25). The number of benzene rings is 1. The summed E-state index contributed by atoms with van der Waals surface area (Å²) in [4.78, 5) is 12.5. The molecule has 0 saturated carbocycles. The maximum Gasteiger partial charge on any atom is 0.248 e. The highest BCUT2D eigenvalue weighted by atomic mass is 79.9. The molecule has 1 aromatic carbocycles. The van der Waals surface area contributed by atoms with E-state index in [0.29, 0.717) is 6.54 Å². The van der Waals surface area contributed by atoms with Gasteiger partial charge in [-0.15, -0.1) is 0 Å². The van der Waals surface area contributed by atoms with Gasteiger partial charge in [-0.3, -0.25) is 14.2 Å². The van der Waals surface area contributed by atoms with Crippen molar-refractivity contribution in [2.24, 2.45) is 0 Å². The highest BCUT2D eigenvalue weighted by molar-refractivity contribution is 9.10. The summed E-state index contributed by atoms with van der Waals surface area (Å²) in [5.41, 5.74) is 2.73. The van der Waals surface area contributed by atoms with Gasteiger partial charge in [0.1, 0.15) is 6.04 Å². The highest BCUT2D eigenvalue weighted by Crippen LogP contribution is 2.20. The van der Waals surface area contributed by atoms with Gasteiger partial charge in [0.2, 0.25) is 5.91 Å². The normalized spacial score (nSPS) is 12.2. The number of anilines is 1. The molecule has 25 heavy (non-hydrogen) atoms. The maximum atomic E-state index is 12.5. The fourth-order valence-electron chi connectivity index (χ4n) is 2.51. The monoisotopic (exact) mass is 465 g/mol. The molecule has 8 heteroatoms. The fraction of sp³-hybridized carbons (Fsp3) is 0.235. The van der Waals surface area contributed by atoms with Gasteiger partial charge in [0.15, 0.2) is 0 Å². The van der Waals surface area contributed by atoms with Crippen LogP contribution in [0.25, 0.3) is 0 Å². The molecular formula is C17H17Br2N5O. The topological polar surface area (TPSA) is 64.7 Å². The first kappa shape index (κ1) is 17.9. The van der Waals surface area contributed by atoms with Crippen LogP contribution in [0.5, 0.6) is 0 Å². The van der Waals surface area contributed by atoms with Crippen LogP contribution in [-0.4, -0.2) is 25.5 Å². The van der Waals surface area contributed by atoms with E-state index >= 15 is 0 Å². The number of aromatic nitrogens is 4. The second kappa shape index (κ2) is 7.53. The lowest BCUT2D eigenvalue weighted by molar-refractivity contribution is -0.119. The Hall–Kier alpha value is -1.93. The van der Waals surface area contributed by atoms with Gasteiger partial charge in [0, 0.05) is 11.9 Å². The Morgan fingerprint density at radius 3 is 2.72 bits per heavy atom. The SMILES string of the molecule is Cc1c(Br)cnn1C(C)C(=O)Nc1cccc(Cn2cc(Br)cn2)c1. The minimum absolute atomic E-state index is 0.113. The Bertz CT molecular complexity index is 902. The predicted molar refractivity (Wildman–Crippen MR) is 103 cm³/mol. The second-order valence-electron chi connectivity index (χ2n) is 5.74. The number of nitrogens with zero attached hydrogens (tertiary/aromatic N) is 4. The Morgan fingerprint density at radius 2 is 2.08 bits per heavy atom. The first-order valence-corrected chi connectivity index (χ1v) is 9.30. The Balaban J connectivity index is 1.71. The van der Waals surface area contributed by atoms with Crippen LogP contribution in [-0.2, 0) is 11.3 Å². The van der Waals surface area contributed by atoms with Crippen molar-refractivity contribution in [3.63, 3.8) is 0 Å². The molecular weight excluding hydrogens is 450 g/mol. The third kappa shape index (κ3) is 4.19. The molecule has 1 atom stereocenters. The second-order valence-corrected chi connectivity index (χ2v) is 7.51. The van der Waals surface area contributed by atoms with Crippen LogP contribution in [0.3, 0.4) is 0 Å². The van der Waals surface area contributed by atoms with Gasteiger partial charge < -0.3 is 5.32 Å². The molecule has 0 fully saturated rings. The average molecular weight is 467 g/mol. The first-order valence-electron chi connectivity index (χ1n) is 7.71. The molecule has 1 amide bonds. The van der Waals surface area contributed by atoms with E-state index in [1.165, 1.54) is 0 Å². The van der Waals surface area contributed by atoms with Crippen LogP contribution in [0.4, 0.5) is 5.69 Å². The third-order valence-electron chi connectivity index (χ3n) is 3.87. The molecule has 1 N–H and O–H groups in total. The summed E-state index contributed by atoms with van der Waals surface area (Å²) < 4.78 is 5.36.